The van der Waals surface area contributed by atoms with Crippen molar-refractivity contribution < 1.29 is 23.1 Å². The van der Waals surface area contributed by atoms with Crippen LogP contribution in [-0.4, -0.2) is 49.3 Å². The first-order chi connectivity index (χ1) is 11.7. The smallest absolute Gasteiger partial charge is 0.308 e. The highest BCUT2D eigenvalue weighted by atomic mass is 32.2. The molecule has 1 amide bonds. The van der Waals surface area contributed by atoms with Gasteiger partial charge in [0.25, 0.3) is 0 Å². The Kier molecular flexibility index (Phi) is 6.18. The Labute approximate surface area is 148 Å². The van der Waals surface area contributed by atoms with Crippen LogP contribution < -0.4 is 5.32 Å². The zero-order valence-electron chi connectivity index (χ0n) is 14.4. The molecular weight excluding hydrogens is 344 g/mol. The molecule has 0 bridgehead atoms. The SMILES string of the molecule is Cc1ccc(S(=O)(=O)N2CCCC(C(=O)NCC(C)C(=O)O)C2)cc1. The monoisotopic (exact) mass is 368 g/mol. The number of nitrogens with zero attached hydrogens (tertiary/aromatic N) is 1. The molecular formula is C17H24N2O5S. The molecule has 8 heteroatoms. The van der Waals surface area contributed by atoms with E-state index in [-0.39, 0.29) is 23.9 Å². The fourth-order valence-corrected chi connectivity index (χ4v) is 4.24. The Morgan fingerprint density at radius 3 is 2.56 bits per heavy atom. The molecule has 0 saturated carbocycles. The van der Waals surface area contributed by atoms with Crippen molar-refractivity contribution >= 4 is 21.9 Å². The second-order valence-electron chi connectivity index (χ2n) is 6.50. The van der Waals surface area contributed by atoms with E-state index >= 15 is 0 Å². The minimum Gasteiger partial charge on any atom is -0.481 e. The van der Waals surface area contributed by atoms with Crippen molar-refractivity contribution in [3.63, 3.8) is 0 Å². The second-order valence-corrected chi connectivity index (χ2v) is 8.44. The number of carbonyl (C=O) groups is 2. The van der Waals surface area contributed by atoms with Crippen LogP contribution in [0.3, 0.4) is 0 Å². The van der Waals surface area contributed by atoms with E-state index in [0.29, 0.717) is 19.4 Å². The predicted molar refractivity (Wildman–Crippen MR) is 92.5 cm³/mol. The number of aliphatic carboxylic acids is 1. The topological polar surface area (TPSA) is 104 Å². The van der Waals surface area contributed by atoms with Crippen LogP contribution in [0.25, 0.3) is 0 Å². The van der Waals surface area contributed by atoms with Crippen molar-refractivity contribution in [3.05, 3.63) is 29.8 Å². The summed E-state index contributed by atoms with van der Waals surface area (Å²) in [5.41, 5.74) is 0.974. The van der Waals surface area contributed by atoms with Gasteiger partial charge in [-0.2, -0.15) is 4.31 Å². The highest BCUT2D eigenvalue weighted by Gasteiger charge is 2.33. The maximum absolute atomic E-state index is 12.7. The lowest BCUT2D eigenvalue weighted by atomic mass is 9.98. The third-order valence-electron chi connectivity index (χ3n) is 4.42. The molecule has 1 saturated heterocycles. The number of hydrogen-bond acceptors (Lipinski definition) is 4. The van der Waals surface area contributed by atoms with Crippen LogP contribution in [0.4, 0.5) is 0 Å². The Morgan fingerprint density at radius 2 is 1.96 bits per heavy atom. The molecule has 0 spiro atoms. The van der Waals surface area contributed by atoms with E-state index in [1.54, 1.807) is 24.3 Å². The highest BCUT2D eigenvalue weighted by Crippen LogP contribution is 2.24. The number of sulfonamides is 1. The van der Waals surface area contributed by atoms with Crippen molar-refractivity contribution in [1.82, 2.24) is 9.62 Å². The Morgan fingerprint density at radius 1 is 1.32 bits per heavy atom. The molecule has 2 N–H and O–H groups in total. The van der Waals surface area contributed by atoms with Gasteiger partial charge in [0.15, 0.2) is 0 Å². The maximum atomic E-state index is 12.7. The summed E-state index contributed by atoms with van der Waals surface area (Å²) < 4.78 is 26.8. The molecule has 7 nitrogen and oxygen atoms in total. The van der Waals surface area contributed by atoms with Gasteiger partial charge >= 0.3 is 5.97 Å². The van der Waals surface area contributed by atoms with Crippen LogP contribution in [0, 0.1) is 18.8 Å². The first-order valence-electron chi connectivity index (χ1n) is 8.29. The lowest BCUT2D eigenvalue weighted by Crippen LogP contribution is -2.46. The molecule has 138 valence electrons. The molecule has 1 aromatic rings. The maximum Gasteiger partial charge on any atom is 0.308 e. The van der Waals surface area contributed by atoms with Crippen molar-refractivity contribution in [3.8, 4) is 0 Å². The summed E-state index contributed by atoms with van der Waals surface area (Å²) in [7, 11) is -3.63. The van der Waals surface area contributed by atoms with Crippen molar-refractivity contribution in [1.29, 1.82) is 0 Å². The number of amides is 1. The summed E-state index contributed by atoms with van der Waals surface area (Å²) in [6.07, 6.45) is 1.19. The van der Waals surface area contributed by atoms with Gasteiger partial charge in [0.1, 0.15) is 0 Å². The van der Waals surface area contributed by atoms with Crippen LogP contribution in [0.2, 0.25) is 0 Å². The summed E-state index contributed by atoms with van der Waals surface area (Å²) in [4.78, 5) is 23.3. The van der Waals surface area contributed by atoms with E-state index in [0.717, 1.165) is 5.56 Å². The highest BCUT2D eigenvalue weighted by molar-refractivity contribution is 7.89. The number of aryl methyl sites for hydroxylation is 1. The van der Waals surface area contributed by atoms with E-state index < -0.39 is 27.8 Å². The molecule has 1 aliphatic heterocycles. The van der Waals surface area contributed by atoms with Crippen LogP contribution in [-0.2, 0) is 19.6 Å². The minimum absolute atomic E-state index is 0.0371. The molecule has 2 atom stereocenters. The Bertz CT molecular complexity index is 730. The summed E-state index contributed by atoms with van der Waals surface area (Å²) in [6, 6.07) is 6.63. The Hall–Kier alpha value is -1.93. The molecule has 2 unspecified atom stereocenters. The Balaban J connectivity index is 2.03. The summed E-state index contributed by atoms with van der Waals surface area (Å²) in [5, 5.41) is 11.5. The third kappa shape index (κ3) is 4.79. The van der Waals surface area contributed by atoms with E-state index in [9.17, 15) is 18.0 Å². The van der Waals surface area contributed by atoms with E-state index in [1.807, 2.05) is 6.92 Å². The van der Waals surface area contributed by atoms with Gasteiger partial charge in [-0.1, -0.05) is 24.6 Å². The standard InChI is InChI=1S/C17H24N2O5S/c1-12-5-7-15(8-6-12)25(23,24)19-9-3-4-14(11-19)16(20)18-10-13(2)17(21)22/h5-8,13-14H,3-4,9-11H2,1-2H3,(H,18,20)(H,21,22). The second kappa shape index (κ2) is 7.97. The van der Waals surface area contributed by atoms with Crippen LogP contribution in [0.5, 0.6) is 0 Å². The number of piperidine rings is 1. The minimum atomic E-state index is -3.63. The van der Waals surface area contributed by atoms with Gasteiger partial charge in [0.05, 0.1) is 16.7 Å². The summed E-state index contributed by atoms with van der Waals surface area (Å²) in [6.45, 7) is 3.93. The number of carboxylic acids is 1. The molecule has 1 heterocycles. The number of carboxylic acid groups (broad SMARTS) is 1. The molecule has 1 fully saturated rings. The van der Waals surface area contributed by atoms with Gasteiger partial charge in [0, 0.05) is 19.6 Å². The van der Waals surface area contributed by atoms with Gasteiger partial charge in [-0.05, 0) is 31.9 Å². The quantitative estimate of drug-likeness (QED) is 0.786. The lowest BCUT2D eigenvalue weighted by Gasteiger charge is -2.31. The number of carbonyl (C=O) groups excluding carboxylic acids is 1. The zero-order chi connectivity index (χ0) is 18.6. The molecule has 25 heavy (non-hydrogen) atoms. The molecule has 2 rings (SSSR count). The number of hydrogen-bond donors (Lipinski definition) is 2. The molecule has 0 aliphatic carbocycles. The fourth-order valence-electron chi connectivity index (χ4n) is 2.72. The van der Waals surface area contributed by atoms with Gasteiger partial charge in [-0.25, -0.2) is 8.42 Å². The van der Waals surface area contributed by atoms with Crippen LogP contribution in [0.1, 0.15) is 25.3 Å². The van der Waals surface area contributed by atoms with Crippen molar-refractivity contribution in [2.75, 3.05) is 19.6 Å². The van der Waals surface area contributed by atoms with Crippen LogP contribution >= 0.6 is 0 Å². The van der Waals surface area contributed by atoms with E-state index in [2.05, 4.69) is 5.32 Å². The largest absolute Gasteiger partial charge is 0.481 e. The number of rotatable bonds is 6. The predicted octanol–water partition coefficient (Wildman–Crippen LogP) is 1.23. The van der Waals surface area contributed by atoms with Gasteiger partial charge < -0.3 is 10.4 Å². The summed E-state index contributed by atoms with van der Waals surface area (Å²) >= 11 is 0. The van der Waals surface area contributed by atoms with E-state index in [4.69, 9.17) is 5.11 Å². The first kappa shape index (κ1) is 19.4. The van der Waals surface area contributed by atoms with Crippen LogP contribution in [0.15, 0.2) is 29.2 Å². The molecule has 1 aliphatic rings. The van der Waals surface area contributed by atoms with Crippen molar-refractivity contribution in [2.24, 2.45) is 11.8 Å². The fraction of sp³-hybridized carbons (Fsp3) is 0.529. The normalized spacial score (nSPS) is 20.0. The molecule has 0 aromatic heterocycles. The lowest BCUT2D eigenvalue weighted by molar-refractivity contribution is -0.141. The van der Waals surface area contributed by atoms with Gasteiger partial charge in [-0.3, -0.25) is 9.59 Å². The average Bonchev–Trinajstić information content (AvgIpc) is 2.59. The third-order valence-corrected chi connectivity index (χ3v) is 6.30. The number of benzene rings is 1. The average molecular weight is 368 g/mol. The molecule has 0 radical (unpaired) electrons. The van der Waals surface area contributed by atoms with E-state index in [1.165, 1.54) is 11.2 Å². The first-order valence-corrected chi connectivity index (χ1v) is 9.73. The zero-order valence-corrected chi connectivity index (χ0v) is 15.3. The molecule has 1 aromatic carbocycles. The van der Waals surface area contributed by atoms with Gasteiger partial charge in [-0.15, -0.1) is 0 Å². The van der Waals surface area contributed by atoms with Crippen molar-refractivity contribution in [2.45, 2.75) is 31.6 Å². The van der Waals surface area contributed by atoms with Gasteiger partial charge in [0.2, 0.25) is 15.9 Å². The summed E-state index contributed by atoms with van der Waals surface area (Å²) in [5.74, 6) is -2.42. The number of nitrogens with one attached hydrogen (secondary N) is 1.